The summed E-state index contributed by atoms with van der Waals surface area (Å²) in [5, 5.41) is 8.31. The molecule has 0 fully saturated rings. The lowest BCUT2D eigenvalue weighted by atomic mass is 10.5. The smallest absolute Gasteiger partial charge is 0.0718 e. The van der Waals surface area contributed by atoms with Crippen LogP contribution in [0.2, 0.25) is 0 Å². The molecule has 0 unspecified atom stereocenters. The van der Waals surface area contributed by atoms with Crippen LogP contribution in [-0.2, 0) is 0 Å². The van der Waals surface area contributed by atoms with Crippen molar-refractivity contribution >= 4 is 23.2 Å². The third-order valence-electron chi connectivity index (χ3n) is 0.366. The van der Waals surface area contributed by atoms with Crippen molar-refractivity contribution in [2.24, 2.45) is 0 Å². The second-order valence-corrected chi connectivity index (χ2v) is 1.59. The van der Waals surface area contributed by atoms with Crippen LogP contribution in [0.3, 0.4) is 0 Å². The van der Waals surface area contributed by atoms with Crippen molar-refractivity contribution in [2.75, 3.05) is 0 Å². The van der Waals surface area contributed by atoms with E-state index in [2.05, 4.69) is 0 Å². The zero-order valence-corrected chi connectivity index (χ0v) is 5.00. The van der Waals surface area contributed by atoms with Crippen LogP contribution in [0, 0.1) is 11.3 Å². The number of allylic oxidation sites excluding steroid dienone is 1. The second kappa shape index (κ2) is 3.98. The molecule has 0 rings (SSSR count). The predicted molar refractivity (Wildman–Crippen MR) is 30.0 cm³/mol. The molecule has 0 aromatic heterocycles. The summed E-state index contributed by atoms with van der Waals surface area (Å²) in [5.74, 6) is 0. The monoisotopic (exact) mass is 135 g/mol. The molecule has 0 heterocycles. The minimum Gasteiger partial charge on any atom is -0.198 e. The first-order valence-corrected chi connectivity index (χ1v) is 2.44. The van der Waals surface area contributed by atoms with Gasteiger partial charge in [-0.2, -0.15) is 5.26 Å². The summed E-state index contributed by atoms with van der Waals surface area (Å²) in [7, 11) is 0. The SMILES string of the molecule is N#CC/C(Cl)=C/Cl. The number of hydrogen-bond acceptors (Lipinski definition) is 1. The van der Waals surface area contributed by atoms with Gasteiger partial charge in [0.15, 0.2) is 0 Å². The number of hydrogen-bond donors (Lipinski definition) is 0. The first-order valence-electron chi connectivity index (χ1n) is 1.63. The third kappa shape index (κ3) is 3.65. The van der Waals surface area contributed by atoms with E-state index >= 15 is 0 Å². The fourth-order valence-corrected chi connectivity index (χ4v) is 0.251. The number of halogens is 2. The summed E-state index contributed by atoms with van der Waals surface area (Å²) in [6, 6.07) is 1.83. The number of nitriles is 1. The Morgan fingerprint density at radius 1 is 1.86 bits per heavy atom. The molecule has 0 aromatic carbocycles. The van der Waals surface area contributed by atoms with Crippen molar-refractivity contribution in [3.05, 3.63) is 10.6 Å². The van der Waals surface area contributed by atoms with Crippen LogP contribution in [0.4, 0.5) is 0 Å². The quantitative estimate of drug-likeness (QED) is 0.542. The van der Waals surface area contributed by atoms with E-state index in [-0.39, 0.29) is 6.42 Å². The number of rotatable bonds is 1. The van der Waals surface area contributed by atoms with Gasteiger partial charge >= 0.3 is 0 Å². The molecule has 0 radical (unpaired) electrons. The van der Waals surface area contributed by atoms with E-state index in [0.29, 0.717) is 5.03 Å². The summed E-state index contributed by atoms with van der Waals surface area (Å²) in [4.78, 5) is 0. The van der Waals surface area contributed by atoms with Gasteiger partial charge in [-0.05, 0) is 0 Å². The van der Waals surface area contributed by atoms with Gasteiger partial charge in [-0.25, -0.2) is 0 Å². The van der Waals surface area contributed by atoms with Crippen molar-refractivity contribution in [2.45, 2.75) is 6.42 Å². The number of nitrogens with zero attached hydrogens (tertiary/aromatic N) is 1. The van der Waals surface area contributed by atoms with E-state index in [1.165, 1.54) is 5.54 Å². The summed E-state index contributed by atoms with van der Waals surface area (Å²) >= 11 is 10.4. The normalized spacial score (nSPS) is 10.7. The fourth-order valence-electron chi connectivity index (χ4n) is 0.114. The van der Waals surface area contributed by atoms with Gasteiger partial charge in [0.1, 0.15) is 0 Å². The zero-order chi connectivity index (χ0) is 5.70. The van der Waals surface area contributed by atoms with E-state index in [4.69, 9.17) is 28.5 Å². The minimum atomic E-state index is 0.199. The molecule has 0 saturated carbocycles. The molecule has 0 N–H and O–H groups in total. The summed E-state index contributed by atoms with van der Waals surface area (Å²) in [6.07, 6.45) is 0.199. The summed E-state index contributed by atoms with van der Waals surface area (Å²) in [6.45, 7) is 0. The molecular formula is C4H3Cl2N. The molecule has 3 heteroatoms. The Kier molecular flexibility index (Phi) is 3.87. The van der Waals surface area contributed by atoms with Crippen molar-refractivity contribution in [3.63, 3.8) is 0 Å². The van der Waals surface area contributed by atoms with Gasteiger partial charge in [0.2, 0.25) is 0 Å². The van der Waals surface area contributed by atoms with Crippen LogP contribution in [0.15, 0.2) is 10.6 Å². The Morgan fingerprint density at radius 3 is 2.57 bits per heavy atom. The van der Waals surface area contributed by atoms with Gasteiger partial charge in [-0.3, -0.25) is 0 Å². The summed E-state index contributed by atoms with van der Waals surface area (Å²) in [5.41, 5.74) is 1.19. The second-order valence-electron chi connectivity index (χ2n) is 0.891. The topological polar surface area (TPSA) is 23.8 Å². The van der Waals surface area contributed by atoms with E-state index in [1.54, 1.807) is 0 Å². The maximum atomic E-state index is 7.93. The van der Waals surface area contributed by atoms with Crippen LogP contribution in [0.1, 0.15) is 6.42 Å². The Hall–Kier alpha value is -0.190. The van der Waals surface area contributed by atoms with Crippen molar-refractivity contribution in [1.29, 1.82) is 5.26 Å². The van der Waals surface area contributed by atoms with Gasteiger partial charge in [-0.1, -0.05) is 23.2 Å². The Balaban J connectivity index is 3.43. The molecule has 0 bridgehead atoms. The molecule has 0 aliphatic heterocycles. The van der Waals surface area contributed by atoms with E-state index in [1.807, 2.05) is 6.07 Å². The first-order chi connectivity index (χ1) is 3.31. The van der Waals surface area contributed by atoms with E-state index in [0.717, 1.165) is 0 Å². The highest BCUT2D eigenvalue weighted by Gasteiger charge is 1.83. The van der Waals surface area contributed by atoms with Gasteiger partial charge in [0, 0.05) is 10.6 Å². The molecule has 1 nitrogen and oxygen atoms in total. The molecule has 0 amide bonds. The van der Waals surface area contributed by atoms with Crippen LogP contribution in [0.25, 0.3) is 0 Å². The Bertz CT molecular complexity index is 111. The third-order valence-corrected chi connectivity index (χ3v) is 0.984. The van der Waals surface area contributed by atoms with E-state index < -0.39 is 0 Å². The van der Waals surface area contributed by atoms with Gasteiger partial charge < -0.3 is 0 Å². The minimum absolute atomic E-state index is 0.199. The average Bonchev–Trinajstić information content (AvgIpc) is 1.68. The lowest BCUT2D eigenvalue weighted by molar-refractivity contribution is 1.33. The zero-order valence-electron chi connectivity index (χ0n) is 3.49. The molecule has 38 valence electrons. The molecule has 0 aliphatic rings. The lowest BCUT2D eigenvalue weighted by Crippen LogP contribution is -1.61. The molecule has 7 heavy (non-hydrogen) atoms. The molecule has 0 spiro atoms. The maximum absolute atomic E-state index is 7.93. The fraction of sp³-hybridized carbons (Fsp3) is 0.250. The van der Waals surface area contributed by atoms with E-state index in [9.17, 15) is 0 Å². The highest BCUT2D eigenvalue weighted by atomic mass is 35.5. The maximum Gasteiger partial charge on any atom is 0.0718 e. The van der Waals surface area contributed by atoms with Crippen molar-refractivity contribution < 1.29 is 0 Å². The average molecular weight is 136 g/mol. The molecule has 0 saturated heterocycles. The van der Waals surface area contributed by atoms with Crippen LogP contribution < -0.4 is 0 Å². The molecular weight excluding hydrogens is 133 g/mol. The van der Waals surface area contributed by atoms with Crippen LogP contribution in [0.5, 0.6) is 0 Å². The molecule has 0 aromatic rings. The highest BCUT2D eigenvalue weighted by molar-refractivity contribution is 6.36. The van der Waals surface area contributed by atoms with Gasteiger partial charge in [-0.15, -0.1) is 0 Å². The van der Waals surface area contributed by atoms with Gasteiger partial charge in [0.05, 0.1) is 12.5 Å². The van der Waals surface area contributed by atoms with Gasteiger partial charge in [0.25, 0.3) is 0 Å². The Morgan fingerprint density at radius 2 is 2.43 bits per heavy atom. The highest BCUT2D eigenvalue weighted by Crippen LogP contribution is 2.05. The van der Waals surface area contributed by atoms with Crippen LogP contribution >= 0.6 is 23.2 Å². The first kappa shape index (κ1) is 6.81. The predicted octanol–water partition coefficient (Wildman–Crippen LogP) is 2.22. The lowest BCUT2D eigenvalue weighted by Gasteiger charge is -1.77. The largest absolute Gasteiger partial charge is 0.198 e. The molecule has 0 aliphatic carbocycles. The Labute approximate surface area is 52.1 Å². The van der Waals surface area contributed by atoms with Crippen molar-refractivity contribution in [3.8, 4) is 6.07 Å². The van der Waals surface area contributed by atoms with Crippen molar-refractivity contribution in [1.82, 2.24) is 0 Å². The van der Waals surface area contributed by atoms with Crippen LogP contribution in [-0.4, -0.2) is 0 Å². The molecule has 0 atom stereocenters. The standard InChI is InChI=1S/C4H3Cl2N/c5-3-4(6)1-2-7/h3H,1H2/b4-3-. The summed E-state index contributed by atoms with van der Waals surface area (Å²) < 4.78 is 0.